The highest BCUT2D eigenvalue weighted by Crippen LogP contribution is 2.18. The number of carboxylic acids is 1. The maximum Gasteiger partial charge on any atom is 0.337 e. The fourth-order valence-electron chi connectivity index (χ4n) is 2.13. The summed E-state index contributed by atoms with van der Waals surface area (Å²) in [6.07, 6.45) is 0.672. The van der Waals surface area contributed by atoms with Crippen LogP contribution in [-0.2, 0) is 11.2 Å². The summed E-state index contributed by atoms with van der Waals surface area (Å²) < 4.78 is 0. The minimum absolute atomic E-state index is 0.0747. The molecule has 1 amide bonds. The molecule has 0 atom stereocenters. The molecule has 0 radical (unpaired) electrons. The van der Waals surface area contributed by atoms with Crippen LogP contribution in [0.1, 0.15) is 27.9 Å². The Kier molecular flexibility index (Phi) is 4.78. The molecule has 114 valence electrons. The molecule has 2 aromatic carbocycles. The van der Waals surface area contributed by atoms with E-state index in [1.54, 1.807) is 37.3 Å². The summed E-state index contributed by atoms with van der Waals surface area (Å²) in [5.74, 6) is -1.19. The normalized spacial score (nSPS) is 10.2. The maximum atomic E-state index is 12.0. The number of benzene rings is 2. The highest BCUT2D eigenvalue weighted by atomic mass is 16.4. The van der Waals surface area contributed by atoms with Crippen LogP contribution in [0.3, 0.4) is 0 Å². The Morgan fingerprint density at radius 1 is 1.14 bits per heavy atom. The number of hydrogen-bond donors (Lipinski definition) is 3. The van der Waals surface area contributed by atoms with E-state index in [2.05, 4.69) is 5.32 Å². The lowest BCUT2D eigenvalue weighted by Crippen LogP contribution is -2.15. The summed E-state index contributed by atoms with van der Waals surface area (Å²) >= 11 is 0. The summed E-state index contributed by atoms with van der Waals surface area (Å²) in [4.78, 5) is 23.2. The van der Waals surface area contributed by atoms with Gasteiger partial charge in [0.2, 0.25) is 5.91 Å². The van der Waals surface area contributed by atoms with Gasteiger partial charge in [0.15, 0.2) is 0 Å². The van der Waals surface area contributed by atoms with E-state index in [0.717, 1.165) is 11.1 Å². The van der Waals surface area contributed by atoms with Gasteiger partial charge in [0, 0.05) is 6.42 Å². The van der Waals surface area contributed by atoms with Crippen LogP contribution >= 0.6 is 0 Å². The van der Waals surface area contributed by atoms with Crippen molar-refractivity contribution in [1.29, 1.82) is 0 Å². The average Bonchev–Trinajstić information content (AvgIpc) is 2.47. The van der Waals surface area contributed by atoms with Crippen molar-refractivity contribution in [3.8, 4) is 5.75 Å². The van der Waals surface area contributed by atoms with Crippen molar-refractivity contribution in [2.24, 2.45) is 0 Å². The molecule has 0 aliphatic carbocycles. The minimum atomic E-state index is -1.08. The Balaban J connectivity index is 2.02. The van der Waals surface area contributed by atoms with Crippen LogP contribution < -0.4 is 5.32 Å². The van der Waals surface area contributed by atoms with E-state index in [0.29, 0.717) is 12.1 Å². The quantitative estimate of drug-likeness (QED) is 0.792. The number of amides is 1. The molecule has 0 aliphatic heterocycles. The molecule has 0 saturated carbocycles. The first-order valence-corrected chi connectivity index (χ1v) is 6.87. The zero-order chi connectivity index (χ0) is 16.1. The summed E-state index contributed by atoms with van der Waals surface area (Å²) in [5.41, 5.74) is 2.03. The van der Waals surface area contributed by atoms with Gasteiger partial charge in [0.25, 0.3) is 0 Å². The number of aryl methyl sites for hydroxylation is 2. The van der Waals surface area contributed by atoms with Gasteiger partial charge in [-0.25, -0.2) is 4.79 Å². The van der Waals surface area contributed by atoms with E-state index in [1.165, 1.54) is 6.07 Å². The van der Waals surface area contributed by atoms with E-state index in [1.807, 2.05) is 6.07 Å². The molecular weight excluding hydrogens is 282 g/mol. The molecule has 5 heteroatoms. The maximum absolute atomic E-state index is 12.0. The van der Waals surface area contributed by atoms with Gasteiger partial charge in [0.05, 0.1) is 11.3 Å². The minimum Gasteiger partial charge on any atom is -0.508 e. The molecular formula is C17H17NO4. The van der Waals surface area contributed by atoms with E-state index in [4.69, 9.17) is 5.11 Å². The monoisotopic (exact) mass is 299 g/mol. The SMILES string of the molecule is Cc1ccc(NC(=O)CCc2cccc(O)c2)c(C(=O)O)c1. The van der Waals surface area contributed by atoms with Crippen molar-refractivity contribution in [2.75, 3.05) is 5.32 Å². The first kappa shape index (κ1) is 15.6. The topological polar surface area (TPSA) is 86.6 Å². The van der Waals surface area contributed by atoms with Gasteiger partial charge < -0.3 is 15.5 Å². The number of carbonyl (C=O) groups excluding carboxylic acids is 1. The Hall–Kier alpha value is -2.82. The van der Waals surface area contributed by atoms with Crippen molar-refractivity contribution in [3.63, 3.8) is 0 Å². The molecule has 0 heterocycles. The molecule has 22 heavy (non-hydrogen) atoms. The van der Waals surface area contributed by atoms with E-state index >= 15 is 0 Å². The molecule has 2 aromatic rings. The highest BCUT2D eigenvalue weighted by Gasteiger charge is 2.12. The zero-order valence-corrected chi connectivity index (χ0v) is 12.2. The molecule has 2 rings (SSSR count). The number of phenols is 1. The van der Waals surface area contributed by atoms with Crippen molar-refractivity contribution in [2.45, 2.75) is 19.8 Å². The number of nitrogens with one attached hydrogen (secondary N) is 1. The number of hydrogen-bond acceptors (Lipinski definition) is 3. The highest BCUT2D eigenvalue weighted by molar-refractivity contribution is 6.00. The lowest BCUT2D eigenvalue weighted by Gasteiger charge is -2.09. The molecule has 0 fully saturated rings. The molecule has 3 N–H and O–H groups in total. The molecule has 0 saturated heterocycles. The van der Waals surface area contributed by atoms with Gasteiger partial charge in [-0.3, -0.25) is 4.79 Å². The van der Waals surface area contributed by atoms with Crippen molar-refractivity contribution >= 4 is 17.6 Å². The third-order valence-electron chi connectivity index (χ3n) is 3.23. The van der Waals surface area contributed by atoms with Crippen molar-refractivity contribution in [3.05, 3.63) is 59.2 Å². The molecule has 0 aliphatic rings. The fraction of sp³-hybridized carbons (Fsp3) is 0.176. The standard InChI is InChI=1S/C17H17NO4/c1-11-5-7-15(14(9-11)17(21)22)18-16(20)8-6-12-3-2-4-13(19)10-12/h2-5,7,9-10,19H,6,8H2,1H3,(H,18,20)(H,21,22). The number of phenolic OH excluding ortho intramolecular Hbond substituents is 1. The second-order valence-corrected chi connectivity index (χ2v) is 5.07. The molecule has 0 unspecified atom stereocenters. The van der Waals surface area contributed by atoms with Gasteiger partial charge in [-0.2, -0.15) is 0 Å². The van der Waals surface area contributed by atoms with E-state index in [9.17, 15) is 14.7 Å². The predicted octanol–water partition coefficient (Wildman–Crippen LogP) is 2.97. The molecule has 0 bridgehead atoms. The van der Waals surface area contributed by atoms with Crippen LogP contribution in [0.15, 0.2) is 42.5 Å². The average molecular weight is 299 g/mol. The molecule has 0 spiro atoms. The van der Waals surface area contributed by atoms with Crippen LogP contribution in [0.2, 0.25) is 0 Å². The number of aromatic hydroxyl groups is 1. The smallest absolute Gasteiger partial charge is 0.337 e. The van der Waals surface area contributed by atoms with Gasteiger partial charge >= 0.3 is 5.97 Å². The Morgan fingerprint density at radius 2 is 1.91 bits per heavy atom. The number of anilines is 1. The third kappa shape index (κ3) is 4.09. The first-order chi connectivity index (χ1) is 10.5. The van der Waals surface area contributed by atoms with Crippen molar-refractivity contribution < 1.29 is 19.8 Å². The van der Waals surface area contributed by atoms with Crippen LogP contribution in [0, 0.1) is 6.92 Å². The number of carboxylic acid groups (broad SMARTS) is 1. The number of rotatable bonds is 5. The van der Waals surface area contributed by atoms with Crippen LogP contribution in [0.4, 0.5) is 5.69 Å². The molecule has 5 nitrogen and oxygen atoms in total. The number of aromatic carboxylic acids is 1. The van der Waals surface area contributed by atoms with Gasteiger partial charge in [-0.05, 0) is 43.2 Å². The Bertz CT molecular complexity index is 710. The van der Waals surface area contributed by atoms with Gasteiger partial charge in [0.1, 0.15) is 5.75 Å². The summed E-state index contributed by atoms with van der Waals surface area (Å²) in [6, 6.07) is 11.6. The van der Waals surface area contributed by atoms with Crippen LogP contribution in [-0.4, -0.2) is 22.1 Å². The van der Waals surface area contributed by atoms with Gasteiger partial charge in [-0.1, -0.05) is 23.8 Å². The lowest BCUT2D eigenvalue weighted by molar-refractivity contribution is -0.116. The zero-order valence-electron chi connectivity index (χ0n) is 12.2. The predicted molar refractivity (Wildman–Crippen MR) is 83.2 cm³/mol. The van der Waals surface area contributed by atoms with Crippen molar-refractivity contribution in [1.82, 2.24) is 0 Å². The lowest BCUT2D eigenvalue weighted by atomic mass is 10.1. The molecule has 0 aromatic heterocycles. The van der Waals surface area contributed by atoms with Crippen LogP contribution in [0.5, 0.6) is 5.75 Å². The van der Waals surface area contributed by atoms with Crippen LogP contribution in [0.25, 0.3) is 0 Å². The Labute approximate surface area is 128 Å². The largest absolute Gasteiger partial charge is 0.508 e. The summed E-state index contributed by atoms with van der Waals surface area (Å²) in [5, 5.41) is 21.2. The second kappa shape index (κ2) is 6.76. The third-order valence-corrected chi connectivity index (χ3v) is 3.23. The summed E-state index contributed by atoms with van der Waals surface area (Å²) in [7, 11) is 0. The van der Waals surface area contributed by atoms with E-state index in [-0.39, 0.29) is 23.6 Å². The number of carbonyl (C=O) groups is 2. The first-order valence-electron chi connectivity index (χ1n) is 6.87. The Morgan fingerprint density at radius 3 is 2.59 bits per heavy atom. The summed E-state index contributed by atoms with van der Waals surface area (Å²) in [6.45, 7) is 1.79. The fourth-order valence-corrected chi connectivity index (χ4v) is 2.13. The van der Waals surface area contributed by atoms with Gasteiger partial charge in [-0.15, -0.1) is 0 Å². The second-order valence-electron chi connectivity index (χ2n) is 5.07. The van der Waals surface area contributed by atoms with E-state index < -0.39 is 5.97 Å².